The van der Waals surface area contributed by atoms with Gasteiger partial charge in [0.2, 0.25) is 0 Å². The molecule has 0 aliphatic carbocycles. The van der Waals surface area contributed by atoms with Crippen molar-refractivity contribution in [2.45, 2.75) is 33.8 Å². The highest BCUT2D eigenvalue weighted by atomic mass is 16.5. The number of hydrogen-bond donors (Lipinski definition) is 1. The molecule has 1 atom stereocenters. The van der Waals surface area contributed by atoms with Crippen LogP contribution in [0.25, 0.3) is 0 Å². The van der Waals surface area contributed by atoms with Crippen molar-refractivity contribution >= 4 is 11.6 Å². The lowest BCUT2D eigenvalue weighted by atomic mass is 9.83. The molecule has 1 rings (SSSR count). The maximum absolute atomic E-state index is 12.4. The van der Waals surface area contributed by atoms with E-state index in [2.05, 4.69) is 4.98 Å². The molecule has 17 heavy (non-hydrogen) atoms. The number of pyridine rings is 1. The van der Waals surface area contributed by atoms with Crippen LogP contribution in [0.3, 0.4) is 0 Å². The summed E-state index contributed by atoms with van der Waals surface area (Å²) in [6.45, 7) is 7.73. The minimum atomic E-state index is -0.521. The van der Waals surface area contributed by atoms with E-state index in [9.17, 15) is 4.79 Å². The number of nitrogens with zero attached hydrogens (tertiary/aromatic N) is 1. The zero-order valence-corrected chi connectivity index (χ0v) is 11.1. The van der Waals surface area contributed by atoms with Crippen LogP contribution in [0.2, 0.25) is 0 Å². The van der Waals surface area contributed by atoms with Crippen LogP contribution in [-0.4, -0.2) is 24.0 Å². The quantitative estimate of drug-likeness (QED) is 0.817. The molecule has 0 fully saturated rings. The van der Waals surface area contributed by atoms with E-state index in [1.165, 1.54) is 7.11 Å². The number of carbonyl (C=O) groups is 1. The first kappa shape index (κ1) is 13.6. The zero-order valence-electron chi connectivity index (χ0n) is 11.1. The predicted molar refractivity (Wildman–Crippen MR) is 68.0 cm³/mol. The summed E-state index contributed by atoms with van der Waals surface area (Å²) in [4.78, 5) is 16.4. The second-order valence-corrected chi connectivity index (χ2v) is 5.23. The molecule has 1 unspecified atom stereocenters. The molecular formula is C13H20N2O2. The van der Waals surface area contributed by atoms with Gasteiger partial charge >= 0.3 is 0 Å². The van der Waals surface area contributed by atoms with Crippen LogP contribution in [-0.2, 0) is 4.74 Å². The van der Waals surface area contributed by atoms with Gasteiger partial charge in [-0.05, 0) is 24.0 Å². The van der Waals surface area contributed by atoms with E-state index in [0.29, 0.717) is 5.56 Å². The van der Waals surface area contributed by atoms with E-state index in [4.69, 9.17) is 10.5 Å². The molecule has 0 saturated heterocycles. The third kappa shape index (κ3) is 2.82. The number of Topliss-reactive ketones (excluding diaryl/α,β-unsaturated/α-hetero) is 1. The molecule has 4 nitrogen and oxygen atoms in total. The Balaban J connectivity index is 3.20. The SMILES string of the molecule is COC(C(=O)c1c(C)ccnc1N)C(C)(C)C. The van der Waals surface area contributed by atoms with Gasteiger partial charge < -0.3 is 10.5 Å². The molecule has 94 valence electrons. The third-order valence-corrected chi connectivity index (χ3v) is 2.70. The smallest absolute Gasteiger partial charge is 0.196 e. The van der Waals surface area contributed by atoms with Gasteiger partial charge in [-0.2, -0.15) is 0 Å². The molecule has 0 radical (unpaired) electrons. The molecule has 0 spiro atoms. The van der Waals surface area contributed by atoms with Crippen molar-refractivity contribution in [2.75, 3.05) is 12.8 Å². The number of aryl methyl sites for hydroxylation is 1. The summed E-state index contributed by atoms with van der Waals surface area (Å²) in [7, 11) is 1.54. The number of ether oxygens (including phenoxy) is 1. The van der Waals surface area contributed by atoms with E-state index in [0.717, 1.165) is 5.56 Å². The van der Waals surface area contributed by atoms with Gasteiger partial charge in [0.15, 0.2) is 5.78 Å². The lowest BCUT2D eigenvalue weighted by molar-refractivity contribution is 0.0196. The maximum atomic E-state index is 12.4. The Morgan fingerprint density at radius 1 is 1.47 bits per heavy atom. The Bertz CT molecular complexity index is 402. The van der Waals surface area contributed by atoms with E-state index in [1.807, 2.05) is 27.7 Å². The van der Waals surface area contributed by atoms with Gasteiger partial charge in [0, 0.05) is 13.3 Å². The molecule has 0 aromatic carbocycles. The Morgan fingerprint density at radius 2 is 2.06 bits per heavy atom. The number of hydrogen-bond acceptors (Lipinski definition) is 4. The average molecular weight is 236 g/mol. The first-order chi connectivity index (χ1) is 7.79. The predicted octanol–water partition coefficient (Wildman–Crippen LogP) is 2.22. The van der Waals surface area contributed by atoms with E-state index in [-0.39, 0.29) is 17.0 Å². The second kappa shape index (κ2) is 4.84. The van der Waals surface area contributed by atoms with Crippen LogP contribution >= 0.6 is 0 Å². The largest absolute Gasteiger partial charge is 0.383 e. The zero-order chi connectivity index (χ0) is 13.2. The normalized spacial score (nSPS) is 13.5. The van der Waals surface area contributed by atoms with Crippen LogP contribution in [0.4, 0.5) is 5.82 Å². The van der Waals surface area contributed by atoms with Crippen molar-refractivity contribution in [3.8, 4) is 0 Å². The van der Waals surface area contributed by atoms with Crippen LogP contribution in [0, 0.1) is 12.3 Å². The van der Waals surface area contributed by atoms with E-state index in [1.54, 1.807) is 12.3 Å². The van der Waals surface area contributed by atoms with Crippen LogP contribution in [0.15, 0.2) is 12.3 Å². The Morgan fingerprint density at radius 3 is 2.47 bits per heavy atom. The highest BCUT2D eigenvalue weighted by molar-refractivity contribution is 6.04. The van der Waals surface area contributed by atoms with Gasteiger partial charge in [0.25, 0.3) is 0 Å². The van der Waals surface area contributed by atoms with Crippen molar-refractivity contribution in [1.82, 2.24) is 4.98 Å². The van der Waals surface area contributed by atoms with Gasteiger partial charge in [-0.15, -0.1) is 0 Å². The molecule has 1 aromatic rings. The summed E-state index contributed by atoms with van der Waals surface area (Å²) >= 11 is 0. The Labute approximate surface area is 102 Å². The first-order valence-corrected chi connectivity index (χ1v) is 5.57. The lowest BCUT2D eigenvalue weighted by Crippen LogP contribution is -2.37. The highest BCUT2D eigenvalue weighted by Crippen LogP contribution is 2.27. The number of aromatic nitrogens is 1. The Kier molecular flexibility index (Phi) is 3.88. The minimum absolute atomic E-state index is 0.108. The van der Waals surface area contributed by atoms with Crippen molar-refractivity contribution in [3.63, 3.8) is 0 Å². The topological polar surface area (TPSA) is 65.2 Å². The summed E-state index contributed by atoms with van der Waals surface area (Å²) in [6.07, 6.45) is 1.08. The number of anilines is 1. The molecule has 0 amide bonds. The molecule has 0 aliphatic rings. The molecule has 4 heteroatoms. The third-order valence-electron chi connectivity index (χ3n) is 2.70. The summed E-state index contributed by atoms with van der Waals surface area (Å²) in [6, 6.07) is 1.78. The van der Waals surface area contributed by atoms with E-state index < -0.39 is 6.10 Å². The fourth-order valence-electron chi connectivity index (χ4n) is 1.88. The van der Waals surface area contributed by atoms with Crippen LogP contribution in [0.5, 0.6) is 0 Å². The molecule has 1 heterocycles. The summed E-state index contributed by atoms with van der Waals surface area (Å²) in [5, 5.41) is 0. The standard InChI is InChI=1S/C13H20N2O2/c1-8-6-7-15-12(14)9(8)10(16)11(17-5)13(2,3)4/h6-7,11H,1-5H3,(H2,14,15). The van der Waals surface area contributed by atoms with Crippen molar-refractivity contribution in [3.05, 3.63) is 23.4 Å². The van der Waals surface area contributed by atoms with Crippen molar-refractivity contribution < 1.29 is 9.53 Å². The average Bonchev–Trinajstić information content (AvgIpc) is 2.15. The van der Waals surface area contributed by atoms with Crippen LogP contribution in [0.1, 0.15) is 36.7 Å². The number of nitrogen functional groups attached to an aromatic ring is 1. The molecule has 0 aliphatic heterocycles. The summed E-state index contributed by atoms with van der Waals surface area (Å²) in [5.41, 5.74) is 6.79. The van der Waals surface area contributed by atoms with E-state index >= 15 is 0 Å². The Hall–Kier alpha value is -1.42. The van der Waals surface area contributed by atoms with Crippen LogP contribution < -0.4 is 5.73 Å². The molecule has 0 saturated carbocycles. The molecular weight excluding hydrogens is 216 g/mol. The maximum Gasteiger partial charge on any atom is 0.196 e. The summed E-state index contributed by atoms with van der Waals surface area (Å²) in [5.74, 6) is 0.157. The fourth-order valence-corrected chi connectivity index (χ4v) is 1.88. The number of nitrogens with two attached hydrogens (primary N) is 1. The molecule has 0 bridgehead atoms. The number of ketones is 1. The minimum Gasteiger partial charge on any atom is -0.383 e. The molecule has 2 N–H and O–H groups in total. The van der Waals surface area contributed by atoms with Gasteiger partial charge in [0.05, 0.1) is 5.56 Å². The van der Waals surface area contributed by atoms with Gasteiger partial charge in [0.1, 0.15) is 11.9 Å². The first-order valence-electron chi connectivity index (χ1n) is 5.57. The number of carbonyl (C=O) groups excluding carboxylic acids is 1. The monoisotopic (exact) mass is 236 g/mol. The van der Waals surface area contributed by atoms with Gasteiger partial charge in [-0.25, -0.2) is 4.98 Å². The summed E-state index contributed by atoms with van der Waals surface area (Å²) < 4.78 is 5.31. The van der Waals surface area contributed by atoms with Crippen molar-refractivity contribution in [1.29, 1.82) is 0 Å². The van der Waals surface area contributed by atoms with Gasteiger partial charge in [-0.1, -0.05) is 20.8 Å². The van der Waals surface area contributed by atoms with Gasteiger partial charge in [-0.3, -0.25) is 4.79 Å². The number of rotatable bonds is 3. The second-order valence-electron chi connectivity index (χ2n) is 5.23. The molecule has 1 aromatic heterocycles. The fraction of sp³-hybridized carbons (Fsp3) is 0.538. The number of methoxy groups -OCH3 is 1. The lowest BCUT2D eigenvalue weighted by Gasteiger charge is -2.28. The highest BCUT2D eigenvalue weighted by Gasteiger charge is 2.33. The van der Waals surface area contributed by atoms with Crippen molar-refractivity contribution in [2.24, 2.45) is 5.41 Å².